The average molecular weight is 285 g/mol. The highest BCUT2D eigenvalue weighted by Crippen LogP contribution is 2.45. The quantitative estimate of drug-likeness (QED) is 0.863. The van der Waals surface area contributed by atoms with Gasteiger partial charge in [0.2, 0.25) is 5.91 Å². The van der Waals surface area contributed by atoms with E-state index in [-0.39, 0.29) is 16.7 Å². The van der Waals surface area contributed by atoms with Gasteiger partial charge in [0, 0.05) is 11.2 Å². The number of carboxylic acids is 1. The molecule has 5 heteroatoms. The minimum atomic E-state index is -0.860. The molecule has 0 bridgehead atoms. The Labute approximate surface area is 118 Å². The molecule has 1 aliphatic heterocycles. The lowest BCUT2D eigenvalue weighted by Crippen LogP contribution is -2.51. The van der Waals surface area contributed by atoms with E-state index in [1.807, 2.05) is 6.92 Å². The van der Waals surface area contributed by atoms with Crippen LogP contribution in [0.25, 0.3) is 0 Å². The van der Waals surface area contributed by atoms with Crippen molar-refractivity contribution in [2.24, 2.45) is 5.41 Å². The van der Waals surface area contributed by atoms with E-state index in [2.05, 4.69) is 6.92 Å². The Morgan fingerprint density at radius 3 is 2.42 bits per heavy atom. The summed E-state index contributed by atoms with van der Waals surface area (Å²) in [6.45, 7) is 4.08. The van der Waals surface area contributed by atoms with Crippen molar-refractivity contribution < 1.29 is 14.7 Å². The van der Waals surface area contributed by atoms with Crippen LogP contribution in [0.5, 0.6) is 0 Å². The van der Waals surface area contributed by atoms with Crippen LogP contribution in [0.15, 0.2) is 0 Å². The Morgan fingerprint density at radius 1 is 1.32 bits per heavy atom. The van der Waals surface area contributed by atoms with Gasteiger partial charge in [-0.1, -0.05) is 26.7 Å². The molecule has 2 aliphatic rings. The number of carbonyl (C=O) groups is 2. The van der Waals surface area contributed by atoms with Crippen molar-refractivity contribution in [2.75, 3.05) is 5.75 Å². The molecule has 2 atom stereocenters. The summed E-state index contributed by atoms with van der Waals surface area (Å²) in [6, 6.07) is -0.633. The lowest BCUT2D eigenvalue weighted by atomic mass is 9.81. The summed E-state index contributed by atoms with van der Waals surface area (Å²) in [6.07, 6.45) is 5.68. The summed E-state index contributed by atoms with van der Waals surface area (Å²) in [5.41, 5.74) is -0.286. The molecule has 0 aromatic rings. The van der Waals surface area contributed by atoms with Gasteiger partial charge in [0.05, 0.1) is 5.37 Å². The van der Waals surface area contributed by atoms with Gasteiger partial charge in [-0.2, -0.15) is 0 Å². The van der Waals surface area contributed by atoms with Gasteiger partial charge in [0.15, 0.2) is 0 Å². The normalized spacial score (nSPS) is 29.7. The second-order valence-corrected chi connectivity index (χ2v) is 6.81. The van der Waals surface area contributed by atoms with Crippen molar-refractivity contribution >= 4 is 23.6 Å². The molecule has 2 unspecified atom stereocenters. The van der Waals surface area contributed by atoms with E-state index >= 15 is 0 Å². The van der Waals surface area contributed by atoms with Gasteiger partial charge in [0.25, 0.3) is 0 Å². The number of amides is 1. The van der Waals surface area contributed by atoms with Crippen LogP contribution in [0.2, 0.25) is 0 Å². The summed E-state index contributed by atoms with van der Waals surface area (Å²) in [4.78, 5) is 26.0. The van der Waals surface area contributed by atoms with E-state index < -0.39 is 12.0 Å². The number of hydrogen-bond donors (Lipinski definition) is 1. The smallest absolute Gasteiger partial charge is 0.327 e. The molecule has 1 saturated carbocycles. The third-order valence-electron chi connectivity index (χ3n) is 4.65. The standard InChI is InChI=1S/C14H23NO3S/c1-3-11-15(10(9-19-11)12(16)17)13(18)14(4-2)7-5-6-8-14/h10-11H,3-9H2,1-2H3,(H,16,17). The predicted molar refractivity (Wildman–Crippen MR) is 76.0 cm³/mol. The number of nitrogens with zero attached hydrogens (tertiary/aromatic N) is 1. The van der Waals surface area contributed by atoms with Crippen LogP contribution in [-0.4, -0.2) is 39.1 Å². The zero-order valence-electron chi connectivity index (χ0n) is 11.7. The van der Waals surface area contributed by atoms with Crippen molar-refractivity contribution in [3.63, 3.8) is 0 Å². The average Bonchev–Trinajstić information content (AvgIpc) is 3.04. The van der Waals surface area contributed by atoms with Crippen LogP contribution in [-0.2, 0) is 9.59 Å². The molecule has 4 nitrogen and oxygen atoms in total. The van der Waals surface area contributed by atoms with E-state index in [4.69, 9.17) is 0 Å². The number of hydrogen-bond acceptors (Lipinski definition) is 3. The predicted octanol–water partition coefficient (Wildman–Crippen LogP) is 2.72. The molecule has 0 aromatic carbocycles. The number of thioether (sulfide) groups is 1. The Bertz CT molecular complexity index is 366. The molecule has 108 valence electrons. The molecule has 1 N–H and O–H groups in total. The molecule has 19 heavy (non-hydrogen) atoms. The fraction of sp³-hybridized carbons (Fsp3) is 0.857. The molecule has 1 saturated heterocycles. The minimum absolute atomic E-state index is 0.0395. The fourth-order valence-corrected chi connectivity index (χ4v) is 4.73. The zero-order valence-corrected chi connectivity index (χ0v) is 12.5. The maximum Gasteiger partial charge on any atom is 0.327 e. The van der Waals surface area contributed by atoms with E-state index in [9.17, 15) is 14.7 Å². The van der Waals surface area contributed by atoms with E-state index in [1.165, 1.54) is 0 Å². The number of carboxylic acid groups (broad SMARTS) is 1. The Balaban J connectivity index is 2.25. The van der Waals surface area contributed by atoms with Crippen molar-refractivity contribution in [1.82, 2.24) is 4.90 Å². The van der Waals surface area contributed by atoms with Crippen LogP contribution >= 0.6 is 11.8 Å². The summed E-state index contributed by atoms with van der Waals surface area (Å²) in [5, 5.41) is 9.38. The largest absolute Gasteiger partial charge is 0.480 e. The maximum atomic E-state index is 12.9. The Kier molecular flexibility index (Phi) is 4.43. The summed E-state index contributed by atoms with van der Waals surface area (Å²) in [7, 11) is 0. The number of aliphatic carboxylic acids is 1. The van der Waals surface area contributed by atoms with E-state index in [1.54, 1.807) is 16.7 Å². The lowest BCUT2D eigenvalue weighted by Gasteiger charge is -2.36. The Hall–Kier alpha value is -0.710. The van der Waals surface area contributed by atoms with Gasteiger partial charge >= 0.3 is 5.97 Å². The monoisotopic (exact) mass is 285 g/mol. The first-order valence-corrected chi connectivity index (χ1v) is 8.28. The number of carbonyl (C=O) groups excluding carboxylic acids is 1. The molecule has 2 fully saturated rings. The third-order valence-corrected chi connectivity index (χ3v) is 6.11. The van der Waals surface area contributed by atoms with Crippen molar-refractivity contribution in [3.8, 4) is 0 Å². The van der Waals surface area contributed by atoms with Crippen molar-refractivity contribution in [1.29, 1.82) is 0 Å². The molecule has 1 heterocycles. The van der Waals surface area contributed by atoms with Crippen LogP contribution in [0.3, 0.4) is 0 Å². The fourth-order valence-electron chi connectivity index (χ4n) is 3.38. The van der Waals surface area contributed by atoms with Crippen LogP contribution in [0, 0.1) is 5.41 Å². The molecule has 0 spiro atoms. The third kappa shape index (κ3) is 2.49. The molecule has 2 rings (SSSR count). The zero-order chi connectivity index (χ0) is 14.0. The molecule has 1 amide bonds. The molecule has 1 aliphatic carbocycles. The molecule has 0 aromatic heterocycles. The highest BCUT2D eigenvalue weighted by molar-refractivity contribution is 8.00. The van der Waals surface area contributed by atoms with Crippen LogP contribution in [0.1, 0.15) is 52.4 Å². The first-order chi connectivity index (χ1) is 9.05. The van der Waals surface area contributed by atoms with Crippen molar-refractivity contribution in [3.05, 3.63) is 0 Å². The molecular weight excluding hydrogens is 262 g/mol. The minimum Gasteiger partial charge on any atom is -0.480 e. The summed E-state index contributed by atoms with van der Waals surface area (Å²) >= 11 is 1.61. The Morgan fingerprint density at radius 2 is 1.95 bits per heavy atom. The maximum absolute atomic E-state index is 12.9. The van der Waals surface area contributed by atoms with Crippen molar-refractivity contribution in [2.45, 2.75) is 63.8 Å². The molecule has 0 radical (unpaired) electrons. The van der Waals surface area contributed by atoms with Gasteiger partial charge in [-0.3, -0.25) is 4.79 Å². The molecular formula is C14H23NO3S. The van der Waals surface area contributed by atoms with Crippen LogP contribution < -0.4 is 0 Å². The summed E-state index contributed by atoms with van der Waals surface area (Å²) < 4.78 is 0. The second kappa shape index (κ2) is 5.73. The SMILES string of the molecule is CCC1SCC(C(=O)O)N1C(=O)C1(CC)CCCC1. The van der Waals surface area contributed by atoms with Gasteiger partial charge in [-0.05, 0) is 25.7 Å². The highest BCUT2D eigenvalue weighted by Gasteiger charge is 2.49. The first kappa shape index (κ1) is 14.7. The topological polar surface area (TPSA) is 57.6 Å². The number of rotatable bonds is 4. The van der Waals surface area contributed by atoms with E-state index in [0.717, 1.165) is 38.5 Å². The van der Waals surface area contributed by atoms with E-state index in [0.29, 0.717) is 5.75 Å². The first-order valence-electron chi connectivity index (χ1n) is 7.23. The van der Waals surface area contributed by atoms with Gasteiger partial charge in [0.1, 0.15) is 6.04 Å². The highest BCUT2D eigenvalue weighted by atomic mass is 32.2. The second-order valence-electron chi connectivity index (χ2n) is 5.60. The van der Waals surface area contributed by atoms with Gasteiger partial charge in [-0.25, -0.2) is 4.79 Å². The lowest BCUT2D eigenvalue weighted by molar-refractivity contribution is -0.154. The van der Waals surface area contributed by atoms with Crippen LogP contribution in [0.4, 0.5) is 0 Å². The van der Waals surface area contributed by atoms with Gasteiger partial charge in [-0.15, -0.1) is 11.8 Å². The summed E-state index contributed by atoms with van der Waals surface area (Å²) in [5.74, 6) is -0.239. The van der Waals surface area contributed by atoms with Gasteiger partial charge < -0.3 is 10.0 Å².